The molecule has 2 nitrogen and oxygen atoms in total. The maximum atomic E-state index is 6.18. The third-order valence-electron chi connectivity index (χ3n) is 2.75. The largest absolute Gasteiger partial charge is 0.496 e. The molecule has 1 aromatic heterocycles. The van der Waals surface area contributed by atoms with Crippen molar-refractivity contribution < 1.29 is 4.74 Å². The van der Waals surface area contributed by atoms with E-state index in [0.717, 1.165) is 21.3 Å². The van der Waals surface area contributed by atoms with Crippen molar-refractivity contribution in [2.45, 2.75) is 12.5 Å². The molecular weight excluding hydrogens is 369 g/mol. The van der Waals surface area contributed by atoms with E-state index in [2.05, 4.69) is 15.9 Å². The molecule has 0 aliphatic heterocycles. The van der Waals surface area contributed by atoms with Crippen molar-refractivity contribution in [2.75, 3.05) is 7.11 Å². The van der Waals surface area contributed by atoms with Crippen LogP contribution < -0.4 is 10.5 Å². The number of rotatable bonds is 4. The minimum atomic E-state index is -0.170. The predicted molar refractivity (Wildman–Crippen MR) is 85.7 cm³/mol. The smallest absolute Gasteiger partial charge is 0.133 e. The first-order valence-corrected chi connectivity index (χ1v) is 7.90. The Bertz CT molecular complexity index is 588. The van der Waals surface area contributed by atoms with Gasteiger partial charge in [-0.05, 0) is 46.1 Å². The summed E-state index contributed by atoms with van der Waals surface area (Å²) in [5, 5.41) is 0. The first-order chi connectivity index (χ1) is 9.01. The second-order valence-electron chi connectivity index (χ2n) is 4.06. The summed E-state index contributed by atoms with van der Waals surface area (Å²) in [6.45, 7) is 0. The zero-order valence-electron chi connectivity index (χ0n) is 10.1. The van der Waals surface area contributed by atoms with Crippen molar-refractivity contribution in [3.05, 3.63) is 48.5 Å². The van der Waals surface area contributed by atoms with Crippen LogP contribution in [0, 0.1) is 0 Å². The molecule has 19 heavy (non-hydrogen) atoms. The lowest BCUT2D eigenvalue weighted by Gasteiger charge is -2.12. The fourth-order valence-corrected chi connectivity index (χ4v) is 3.99. The van der Waals surface area contributed by atoms with Crippen molar-refractivity contribution in [2.24, 2.45) is 5.73 Å². The molecule has 0 amide bonds. The SMILES string of the molecule is COc1ccc(CC(N)c2cc(Cl)sc2Cl)cc1Br. The molecule has 0 bridgehead atoms. The number of ether oxygens (including phenoxy) is 1. The molecule has 2 aromatic rings. The summed E-state index contributed by atoms with van der Waals surface area (Å²) in [4.78, 5) is 0. The number of benzene rings is 1. The molecule has 0 spiro atoms. The molecular formula is C13H12BrCl2NOS. The van der Waals surface area contributed by atoms with Crippen molar-refractivity contribution in [3.63, 3.8) is 0 Å². The molecule has 1 atom stereocenters. The van der Waals surface area contributed by atoms with Gasteiger partial charge in [0.1, 0.15) is 5.75 Å². The van der Waals surface area contributed by atoms with Crippen molar-refractivity contribution in [1.82, 2.24) is 0 Å². The van der Waals surface area contributed by atoms with E-state index in [4.69, 9.17) is 33.7 Å². The van der Waals surface area contributed by atoms with E-state index in [0.29, 0.717) is 15.1 Å². The number of hydrogen-bond acceptors (Lipinski definition) is 3. The zero-order chi connectivity index (χ0) is 14.0. The van der Waals surface area contributed by atoms with Gasteiger partial charge in [0, 0.05) is 11.6 Å². The topological polar surface area (TPSA) is 35.2 Å². The first-order valence-electron chi connectivity index (χ1n) is 5.54. The summed E-state index contributed by atoms with van der Waals surface area (Å²) in [7, 11) is 1.64. The Labute approximate surface area is 134 Å². The van der Waals surface area contributed by atoms with E-state index in [9.17, 15) is 0 Å². The molecule has 0 saturated carbocycles. The average molecular weight is 381 g/mol. The second-order valence-corrected chi connectivity index (χ2v) is 7.20. The first kappa shape index (κ1) is 15.1. The van der Waals surface area contributed by atoms with Crippen LogP contribution in [-0.4, -0.2) is 7.11 Å². The summed E-state index contributed by atoms with van der Waals surface area (Å²) in [6, 6.07) is 7.56. The Kier molecular flexibility index (Phi) is 5.15. The predicted octanol–water partition coefficient (Wildman–Crippen LogP) is 5.07. The lowest BCUT2D eigenvalue weighted by Crippen LogP contribution is -2.12. The highest BCUT2D eigenvalue weighted by atomic mass is 79.9. The molecule has 1 aromatic carbocycles. The summed E-state index contributed by atoms with van der Waals surface area (Å²) in [5.74, 6) is 0.800. The molecule has 0 radical (unpaired) electrons. The Hall–Kier alpha value is -0.260. The van der Waals surface area contributed by atoms with E-state index in [-0.39, 0.29) is 6.04 Å². The van der Waals surface area contributed by atoms with Gasteiger partial charge < -0.3 is 10.5 Å². The van der Waals surface area contributed by atoms with Crippen LogP contribution in [0.2, 0.25) is 8.67 Å². The lowest BCUT2D eigenvalue weighted by atomic mass is 10.0. The van der Waals surface area contributed by atoms with Crippen LogP contribution in [0.15, 0.2) is 28.7 Å². The van der Waals surface area contributed by atoms with Gasteiger partial charge in [-0.2, -0.15) is 0 Å². The number of nitrogens with two attached hydrogens (primary N) is 1. The van der Waals surface area contributed by atoms with Gasteiger partial charge in [-0.1, -0.05) is 29.3 Å². The fraction of sp³-hybridized carbons (Fsp3) is 0.231. The number of halogens is 3. The standard InChI is InChI=1S/C13H12BrCl2NOS/c1-18-11-3-2-7(4-9(11)14)5-10(17)8-6-12(15)19-13(8)16/h2-4,6,10H,5,17H2,1H3. The molecule has 0 saturated heterocycles. The molecule has 1 unspecified atom stereocenters. The van der Waals surface area contributed by atoms with Crippen molar-refractivity contribution in [3.8, 4) is 5.75 Å². The number of hydrogen-bond donors (Lipinski definition) is 1. The van der Waals surface area contributed by atoms with Gasteiger partial charge in [0.15, 0.2) is 0 Å². The van der Waals surface area contributed by atoms with Crippen LogP contribution >= 0.6 is 50.5 Å². The quantitative estimate of drug-likeness (QED) is 0.803. The van der Waals surface area contributed by atoms with Gasteiger partial charge in [0.25, 0.3) is 0 Å². The molecule has 1 heterocycles. The van der Waals surface area contributed by atoms with Crippen LogP contribution in [0.1, 0.15) is 17.2 Å². The molecule has 0 fully saturated rings. The van der Waals surface area contributed by atoms with E-state index in [1.54, 1.807) is 7.11 Å². The summed E-state index contributed by atoms with van der Waals surface area (Å²) in [5.41, 5.74) is 8.18. The minimum Gasteiger partial charge on any atom is -0.496 e. The number of methoxy groups -OCH3 is 1. The van der Waals surface area contributed by atoms with E-state index < -0.39 is 0 Å². The van der Waals surface area contributed by atoms with Crippen LogP contribution in [0.4, 0.5) is 0 Å². The van der Waals surface area contributed by atoms with Crippen LogP contribution in [0.3, 0.4) is 0 Å². The maximum Gasteiger partial charge on any atom is 0.133 e. The van der Waals surface area contributed by atoms with Crippen LogP contribution in [-0.2, 0) is 6.42 Å². The highest BCUT2D eigenvalue weighted by Gasteiger charge is 2.15. The minimum absolute atomic E-state index is 0.170. The molecule has 2 rings (SSSR count). The maximum absolute atomic E-state index is 6.18. The van der Waals surface area contributed by atoms with Crippen LogP contribution in [0.5, 0.6) is 5.75 Å². The molecule has 0 aliphatic rings. The molecule has 6 heteroatoms. The van der Waals surface area contributed by atoms with Gasteiger partial charge in [-0.3, -0.25) is 0 Å². The molecule has 102 valence electrons. The van der Waals surface area contributed by atoms with Crippen molar-refractivity contribution in [1.29, 1.82) is 0 Å². The van der Waals surface area contributed by atoms with Gasteiger partial charge in [0.2, 0.25) is 0 Å². The third kappa shape index (κ3) is 3.64. The molecule has 0 aliphatic carbocycles. The van der Waals surface area contributed by atoms with E-state index >= 15 is 0 Å². The Morgan fingerprint density at radius 1 is 1.37 bits per heavy atom. The van der Waals surface area contributed by atoms with Crippen molar-refractivity contribution >= 4 is 50.5 Å². The highest BCUT2D eigenvalue weighted by Crippen LogP contribution is 2.35. The summed E-state index contributed by atoms with van der Waals surface area (Å²) < 4.78 is 7.42. The summed E-state index contributed by atoms with van der Waals surface area (Å²) >= 11 is 16.8. The number of thiophene rings is 1. The van der Waals surface area contributed by atoms with E-state index in [1.165, 1.54) is 11.3 Å². The monoisotopic (exact) mass is 379 g/mol. The Balaban J connectivity index is 2.17. The zero-order valence-corrected chi connectivity index (χ0v) is 14.0. The third-order valence-corrected chi connectivity index (χ3v) is 4.89. The normalized spacial score (nSPS) is 12.5. The molecule has 2 N–H and O–H groups in total. The average Bonchev–Trinajstić information content (AvgIpc) is 2.69. The lowest BCUT2D eigenvalue weighted by molar-refractivity contribution is 0.412. The van der Waals surface area contributed by atoms with E-state index in [1.807, 2.05) is 24.3 Å². The van der Waals surface area contributed by atoms with Gasteiger partial charge in [-0.15, -0.1) is 11.3 Å². The van der Waals surface area contributed by atoms with Crippen LogP contribution in [0.25, 0.3) is 0 Å². The Morgan fingerprint density at radius 3 is 2.63 bits per heavy atom. The highest BCUT2D eigenvalue weighted by molar-refractivity contribution is 9.10. The van der Waals surface area contributed by atoms with Gasteiger partial charge >= 0.3 is 0 Å². The van der Waals surface area contributed by atoms with Gasteiger partial charge in [-0.25, -0.2) is 0 Å². The summed E-state index contributed by atoms with van der Waals surface area (Å²) in [6.07, 6.45) is 0.690. The fourth-order valence-electron chi connectivity index (χ4n) is 1.81. The Morgan fingerprint density at radius 2 is 2.11 bits per heavy atom. The second kappa shape index (κ2) is 6.46. The van der Waals surface area contributed by atoms with Gasteiger partial charge in [0.05, 0.1) is 20.3 Å².